The summed E-state index contributed by atoms with van der Waals surface area (Å²) in [4.78, 5) is 6.80. The molecule has 0 N–H and O–H groups in total. The van der Waals surface area contributed by atoms with Crippen molar-refractivity contribution in [3.63, 3.8) is 0 Å². The van der Waals surface area contributed by atoms with Crippen molar-refractivity contribution >= 4 is 11.8 Å². The summed E-state index contributed by atoms with van der Waals surface area (Å²) < 4.78 is 2.07. The standard InChI is InChI=1S/C18H22N6S/c1-2-10-24-16(8-13-23-11-4-3-5-12-23)21-22-18(24)25-17-15(14-19)7-6-9-20-17/h2,6-7,9H,1,3-5,8,10-13H2. The van der Waals surface area contributed by atoms with Crippen molar-refractivity contribution in [1.29, 1.82) is 5.26 Å². The number of allylic oxidation sites excluding steroid dienone is 1. The molecule has 2 aromatic rings. The average Bonchev–Trinajstić information content (AvgIpc) is 3.03. The van der Waals surface area contributed by atoms with Gasteiger partial charge in [-0.3, -0.25) is 0 Å². The number of piperidine rings is 1. The van der Waals surface area contributed by atoms with E-state index in [-0.39, 0.29) is 0 Å². The van der Waals surface area contributed by atoms with Crippen molar-refractivity contribution in [2.75, 3.05) is 19.6 Å². The molecule has 0 amide bonds. The van der Waals surface area contributed by atoms with Crippen LogP contribution in [0.2, 0.25) is 0 Å². The number of rotatable bonds is 7. The first-order valence-corrected chi connectivity index (χ1v) is 9.41. The minimum atomic E-state index is 0.551. The maximum absolute atomic E-state index is 9.23. The van der Waals surface area contributed by atoms with Crippen LogP contribution in [0.25, 0.3) is 0 Å². The second-order valence-electron chi connectivity index (χ2n) is 6.02. The molecule has 7 heteroatoms. The van der Waals surface area contributed by atoms with Crippen LogP contribution in [-0.2, 0) is 13.0 Å². The summed E-state index contributed by atoms with van der Waals surface area (Å²) in [5.74, 6) is 0.961. The summed E-state index contributed by atoms with van der Waals surface area (Å²) in [6.07, 6.45) is 8.33. The summed E-state index contributed by atoms with van der Waals surface area (Å²) in [5.41, 5.74) is 0.551. The SMILES string of the molecule is C=CCn1c(CCN2CCCCC2)nnc1Sc1ncccc1C#N. The highest BCUT2D eigenvalue weighted by Gasteiger charge is 2.17. The molecule has 1 aliphatic rings. The number of pyridine rings is 1. The highest BCUT2D eigenvalue weighted by atomic mass is 32.2. The van der Waals surface area contributed by atoms with Crippen molar-refractivity contribution in [2.24, 2.45) is 0 Å². The fourth-order valence-electron chi connectivity index (χ4n) is 2.98. The molecule has 6 nitrogen and oxygen atoms in total. The van der Waals surface area contributed by atoms with E-state index in [1.54, 1.807) is 18.3 Å². The van der Waals surface area contributed by atoms with E-state index in [2.05, 4.69) is 37.3 Å². The Kier molecular flexibility index (Phi) is 6.20. The molecule has 3 heterocycles. The zero-order chi connectivity index (χ0) is 17.5. The summed E-state index contributed by atoms with van der Waals surface area (Å²) in [6.45, 7) is 7.86. The Morgan fingerprint density at radius 3 is 2.88 bits per heavy atom. The number of aromatic nitrogens is 4. The molecule has 0 radical (unpaired) electrons. The normalized spacial score (nSPS) is 15.0. The number of nitrogens with zero attached hydrogens (tertiary/aromatic N) is 6. The van der Waals surface area contributed by atoms with E-state index in [4.69, 9.17) is 0 Å². The smallest absolute Gasteiger partial charge is 0.197 e. The molecule has 0 saturated carbocycles. The Morgan fingerprint density at radius 2 is 2.12 bits per heavy atom. The Bertz CT molecular complexity index is 757. The highest BCUT2D eigenvalue weighted by molar-refractivity contribution is 7.99. The van der Waals surface area contributed by atoms with E-state index in [0.717, 1.165) is 23.9 Å². The first-order valence-electron chi connectivity index (χ1n) is 8.60. The van der Waals surface area contributed by atoms with Gasteiger partial charge in [0.15, 0.2) is 5.16 Å². The first kappa shape index (κ1) is 17.6. The van der Waals surface area contributed by atoms with E-state index < -0.39 is 0 Å². The van der Waals surface area contributed by atoms with Gasteiger partial charge in [-0.15, -0.1) is 16.8 Å². The van der Waals surface area contributed by atoms with Crippen LogP contribution in [0.4, 0.5) is 0 Å². The van der Waals surface area contributed by atoms with Crippen LogP contribution in [-0.4, -0.2) is 44.3 Å². The van der Waals surface area contributed by atoms with Crippen LogP contribution in [0.1, 0.15) is 30.7 Å². The minimum absolute atomic E-state index is 0.551. The van der Waals surface area contributed by atoms with Gasteiger partial charge in [-0.1, -0.05) is 12.5 Å². The predicted molar refractivity (Wildman–Crippen MR) is 97.3 cm³/mol. The summed E-state index contributed by atoms with van der Waals surface area (Å²) in [7, 11) is 0. The molecular weight excluding hydrogens is 332 g/mol. The third-order valence-corrected chi connectivity index (χ3v) is 5.29. The van der Waals surface area contributed by atoms with Gasteiger partial charge >= 0.3 is 0 Å². The Labute approximate surface area is 152 Å². The molecule has 1 aliphatic heterocycles. The van der Waals surface area contributed by atoms with E-state index in [0.29, 0.717) is 17.1 Å². The highest BCUT2D eigenvalue weighted by Crippen LogP contribution is 2.27. The third-order valence-electron chi connectivity index (χ3n) is 4.29. The fraction of sp³-hybridized carbons (Fsp3) is 0.444. The van der Waals surface area contributed by atoms with Gasteiger partial charge in [-0.2, -0.15) is 5.26 Å². The van der Waals surface area contributed by atoms with E-state index in [9.17, 15) is 5.26 Å². The summed E-state index contributed by atoms with van der Waals surface area (Å²) in [6, 6.07) is 5.70. The molecule has 0 aromatic carbocycles. The molecule has 0 spiro atoms. The minimum Gasteiger partial charge on any atom is -0.303 e. The molecule has 2 aromatic heterocycles. The van der Waals surface area contributed by atoms with Crippen LogP contribution < -0.4 is 0 Å². The fourth-order valence-corrected chi connectivity index (χ4v) is 3.86. The monoisotopic (exact) mass is 354 g/mol. The van der Waals surface area contributed by atoms with E-state index >= 15 is 0 Å². The lowest BCUT2D eigenvalue weighted by molar-refractivity contribution is 0.229. The second kappa shape index (κ2) is 8.79. The lowest BCUT2D eigenvalue weighted by Crippen LogP contribution is -2.32. The van der Waals surface area contributed by atoms with E-state index in [1.807, 2.05) is 6.08 Å². The predicted octanol–water partition coefficient (Wildman–Crippen LogP) is 2.91. The largest absolute Gasteiger partial charge is 0.303 e. The Hall–Kier alpha value is -2.17. The van der Waals surface area contributed by atoms with Gasteiger partial charge in [0.2, 0.25) is 0 Å². The van der Waals surface area contributed by atoms with Gasteiger partial charge < -0.3 is 9.47 Å². The van der Waals surface area contributed by atoms with Gasteiger partial charge in [0.1, 0.15) is 16.9 Å². The van der Waals surface area contributed by atoms with Crippen molar-refractivity contribution in [3.05, 3.63) is 42.4 Å². The molecule has 25 heavy (non-hydrogen) atoms. The zero-order valence-corrected chi connectivity index (χ0v) is 15.1. The summed E-state index contributed by atoms with van der Waals surface area (Å²) >= 11 is 1.38. The summed E-state index contributed by atoms with van der Waals surface area (Å²) in [5, 5.41) is 19.4. The molecule has 0 aliphatic carbocycles. The molecule has 3 rings (SSSR count). The Balaban J connectivity index is 1.74. The number of hydrogen-bond acceptors (Lipinski definition) is 6. The maximum Gasteiger partial charge on any atom is 0.197 e. The topological polar surface area (TPSA) is 70.6 Å². The van der Waals surface area contributed by atoms with E-state index in [1.165, 1.54) is 44.1 Å². The molecule has 1 fully saturated rings. The van der Waals surface area contributed by atoms with Gasteiger partial charge in [-0.25, -0.2) is 4.98 Å². The van der Waals surface area contributed by atoms with Gasteiger partial charge in [-0.05, 0) is 49.8 Å². The van der Waals surface area contributed by atoms with Crippen molar-refractivity contribution < 1.29 is 0 Å². The lowest BCUT2D eigenvalue weighted by Gasteiger charge is -2.26. The van der Waals surface area contributed by atoms with Gasteiger partial charge in [0.05, 0.1) is 5.56 Å². The number of likely N-dealkylation sites (tertiary alicyclic amines) is 1. The lowest BCUT2D eigenvalue weighted by atomic mass is 10.1. The Morgan fingerprint density at radius 1 is 1.28 bits per heavy atom. The van der Waals surface area contributed by atoms with Crippen molar-refractivity contribution in [3.8, 4) is 6.07 Å². The first-order chi connectivity index (χ1) is 12.3. The molecule has 130 valence electrons. The van der Waals surface area contributed by atoms with Crippen LogP contribution >= 0.6 is 11.8 Å². The quantitative estimate of drug-likeness (QED) is 0.712. The maximum atomic E-state index is 9.23. The van der Waals surface area contributed by atoms with Crippen molar-refractivity contribution in [1.82, 2.24) is 24.6 Å². The van der Waals surface area contributed by atoms with Gasteiger partial charge in [0.25, 0.3) is 0 Å². The molecular formula is C18H22N6S. The second-order valence-corrected chi connectivity index (χ2v) is 6.98. The number of hydrogen-bond donors (Lipinski definition) is 0. The van der Waals surface area contributed by atoms with Crippen LogP contribution in [0.5, 0.6) is 0 Å². The van der Waals surface area contributed by atoms with Crippen LogP contribution in [0.15, 0.2) is 41.2 Å². The van der Waals surface area contributed by atoms with Crippen LogP contribution in [0.3, 0.4) is 0 Å². The zero-order valence-electron chi connectivity index (χ0n) is 14.3. The van der Waals surface area contributed by atoms with Gasteiger partial charge in [0, 0.05) is 25.7 Å². The molecule has 1 saturated heterocycles. The van der Waals surface area contributed by atoms with Crippen molar-refractivity contribution in [2.45, 2.75) is 42.4 Å². The average molecular weight is 354 g/mol. The van der Waals surface area contributed by atoms with Crippen LogP contribution in [0, 0.1) is 11.3 Å². The molecule has 0 bridgehead atoms. The number of nitriles is 1. The molecule has 0 unspecified atom stereocenters. The molecule has 0 atom stereocenters. The third kappa shape index (κ3) is 4.47.